The Hall–Kier alpha value is -1.92. The van der Waals surface area contributed by atoms with Crippen LogP contribution in [-0.2, 0) is 0 Å². The minimum atomic E-state index is 0.00258. The molecule has 3 rings (SSSR count). The molecule has 0 bridgehead atoms. The van der Waals surface area contributed by atoms with Crippen molar-refractivity contribution in [3.63, 3.8) is 0 Å². The van der Waals surface area contributed by atoms with Crippen molar-refractivity contribution >= 4 is 27.4 Å². The highest BCUT2D eigenvalue weighted by Gasteiger charge is 2.10. The van der Waals surface area contributed by atoms with E-state index in [1.54, 1.807) is 0 Å². The molecule has 5 nitrogen and oxygen atoms in total. The molecule has 0 saturated carbocycles. The van der Waals surface area contributed by atoms with Gasteiger partial charge in [-0.05, 0) is 30.7 Å². The Kier molecular flexibility index (Phi) is 4.40. The first-order chi connectivity index (χ1) is 10.7. The third-order valence-electron chi connectivity index (χ3n) is 3.55. The molecule has 0 aliphatic heterocycles. The Balaban J connectivity index is 2.02. The molecule has 0 aliphatic carbocycles. The fourth-order valence-corrected chi connectivity index (χ4v) is 2.68. The zero-order valence-electron chi connectivity index (χ0n) is 12.2. The van der Waals surface area contributed by atoms with Gasteiger partial charge in [0.15, 0.2) is 5.65 Å². The van der Waals surface area contributed by atoms with Crippen LogP contribution in [0.25, 0.3) is 16.9 Å². The fraction of sp³-hybridized carbons (Fsp3) is 0.250. The van der Waals surface area contributed by atoms with Crippen molar-refractivity contribution in [1.82, 2.24) is 14.6 Å². The van der Waals surface area contributed by atoms with Gasteiger partial charge in [0.25, 0.3) is 0 Å². The molecule has 0 amide bonds. The lowest BCUT2D eigenvalue weighted by Gasteiger charge is -2.14. The van der Waals surface area contributed by atoms with Crippen LogP contribution in [0.2, 0.25) is 0 Å². The average Bonchev–Trinajstić information content (AvgIpc) is 2.95. The third-order valence-corrected chi connectivity index (χ3v) is 4.04. The summed E-state index contributed by atoms with van der Waals surface area (Å²) in [7, 11) is 0. The van der Waals surface area contributed by atoms with Crippen LogP contribution >= 0.6 is 15.9 Å². The van der Waals surface area contributed by atoms with Crippen molar-refractivity contribution in [2.45, 2.75) is 19.4 Å². The molecule has 2 aromatic heterocycles. The van der Waals surface area contributed by atoms with Gasteiger partial charge in [0.05, 0.1) is 24.5 Å². The number of hydrogen-bond donors (Lipinski definition) is 2. The van der Waals surface area contributed by atoms with Crippen molar-refractivity contribution < 1.29 is 5.11 Å². The van der Waals surface area contributed by atoms with Crippen LogP contribution in [0.1, 0.15) is 13.3 Å². The molecule has 0 aliphatic rings. The maximum absolute atomic E-state index is 9.31. The van der Waals surface area contributed by atoms with E-state index in [2.05, 4.69) is 31.3 Å². The largest absolute Gasteiger partial charge is 0.394 e. The normalized spacial score (nSPS) is 12.5. The molecular weight excluding hydrogens is 344 g/mol. The molecule has 0 fully saturated rings. The van der Waals surface area contributed by atoms with Gasteiger partial charge in [-0.1, -0.05) is 35.0 Å². The number of nitrogens with zero attached hydrogens (tertiary/aromatic N) is 3. The van der Waals surface area contributed by atoms with Gasteiger partial charge in [0.1, 0.15) is 5.82 Å². The zero-order chi connectivity index (χ0) is 15.5. The van der Waals surface area contributed by atoms with Crippen LogP contribution in [0.15, 0.2) is 47.1 Å². The Morgan fingerprint density at radius 3 is 2.91 bits per heavy atom. The summed E-state index contributed by atoms with van der Waals surface area (Å²) in [5.41, 5.74) is 2.76. The maximum Gasteiger partial charge on any atom is 0.154 e. The van der Waals surface area contributed by atoms with Crippen molar-refractivity contribution in [2.24, 2.45) is 0 Å². The van der Waals surface area contributed by atoms with E-state index in [0.29, 0.717) is 0 Å². The number of halogens is 1. The molecule has 1 aromatic carbocycles. The molecule has 1 unspecified atom stereocenters. The van der Waals surface area contributed by atoms with Crippen LogP contribution in [0.5, 0.6) is 0 Å². The van der Waals surface area contributed by atoms with Gasteiger partial charge >= 0.3 is 0 Å². The zero-order valence-corrected chi connectivity index (χ0v) is 13.8. The number of aliphatic hydroxyl groups excluding tert-OH is 1. The quantitative estimate of drug-likeness (QED) is 0.732. The van der Waals surface area contributed by atoms with Crippen LogP contribution in [-0.4, -0.2) is 32.4 Å². The van der Waals surface area contributed by atoms with E-state index in [1.807, 2.05) is 54.0 Å². The van der Waals surface area contributed by atoms with Gasteiger partial charge in [-0.3, -0.25) is 0 Å². The number of aliphatic hydroxyl groups is 1. The van der Waals surface area contributed by atoms with Crippen LogP contribution in [0.3, 0.4) is 0 Å². The maximum atomic E-state index is 9.31. The minimum absolute atomic E-state index is 0.00258. The Morgan fingerprint density at radius 2 is 2.18 bits per heavy atom. The molecule has 22 heavy (non-hydrogen) atoms. The topological polar surface area (TPSA) is 62.5 Å². The molecule has 114 valence electrons. The predicted octanol–water partition coefficient (Wildman–Crippen LogP) is 3.34. The highest BCUT2D eigenvalue weighted by Crippen LogP contribution is 2.24. The van der Waals surface area contributed by atoms with Crippen molar-refractivity contribution in [3.05, 3.63) is 47.1 Å². The Morgan fingerprint density at radius 1 is 1.32 bits per heavy atom. The highest BCUT2D eigenvalue weighted by molar-refractivity contribution is 9.10. The summed E-state index contributed by atoms with van der Waals surface area (Å²) in [6.07, 6.45) is 2.65. The molecule has 0 spiro atoms. The number of imidazole rings is 1. The lowest BCUT2D eigenvalue weighted by Crippen LogP contribution is -2.23. The number of aromatic nitrogens is 3. The monoisotopic (exact) mass is 360 g/mol. The van der Waals surface area contributed by atoms with Crippen LogP contribution < -0.4 is 5.32 Å². The SMILES string of the molecule is CCC(CO)Nc1ccc2ncc(-c3cccc(Br)c3)n2n1. The second-order valence-electron chi connectivity index (χ2n) is 5.07. The lowest BCUT2D eigenvalue weighted by atomic mass is 10.2. The van der Waals surface area contributed by atoms with E-state index in [1.165, 1.54) is 0 Å². The summed E-state index contributed by atoms with van der Waals surface area (Å²) >= 11 is 3.49. The van der Waals surface area contributed by atoms with Gasteiger partial charge < -0.3 is 10.4 Å². The number of fused-ring (bicyclic) bond motifs is 1. The number of rotatable bonds is 5. The van der Waals surface area contributed by atoms with Gasteiger partial charge in [0, 0.05) is 10.0 Å². The van der Waals surface area contributed by atoms with E-state index in [9.17, 15) is 5.11 Å². The summed E-state index contributed by atoms with van der Waals surface area (Å²) in [5.74, 6) is 0.725. The fourth-order valence-electron chi connectivity index (χ4n) is 2.28. The minimum Gasteiger partial charge on any atom is -0.394 e. The van der Waals surface area contributed by atoms with E-state index >= 15 is 0 Å². The summed E-state index contributed by atoms with van der Waals surface area (Å²) in [6.45, 7) is 2.11. The van der Waals surface area contributed by atoms with Gasteiger partial charge in [0.2, 0.25) is 0 Å². The van der Waals surface area contributed by atoms with Crippen molar-refractivity contribution in [3.8, 4) is 11.3 Å². The molecule has 6 heteroatoms. The molecule has 2 heterocycles. The summed E-state index contributed by atoms with van der Waals surface area (Å²) in [6, 6.07) is 11.8. The smallest absolute Gasteiger partial charge is 0.154 e. The van der Waals surface area contributed by atoms with Crippen molar-refractivity contribution in [2.75, 3.05) is 11.9 Å². The van der Waals surface area contributed by atoms with E-state index in [4.69, 9.17) is 0 Å². The number of nitrogens with one attached hydrogen (secondary N) is 1. The van der Waals surface area contributed by atoms with E-state index < -0.39 is 0 Å². The first-order valence-corrected chi connectivity index (χ1v) is 7.98. The average molecular weight is 361 g/mol. The molecule has 1 atom stereocenters. The lowest BCUT2D eigenvalue weighted by molar-refractivity contribution is 0.271. The van der Waals surface area contributed by atoms with Crippen LogP contribution in [0.4, 0.5) is 5.82 Å². The van der Waals surface area contributed by atoms with Crippen LogP contribution in [0, 0.1) is 0 Å². The molecule has 0 saturated heterocycles. The summed E-state index contributed by atoms with van der Waals surface area (Å²) < 4.78 is 2.83. The number of benzene rings is 1. The predicted molar refractivity (Wildman–Crippen MR) is 90.9 cm³/mol. The molecular formula is C16H17BrN4O. The second-order valence-corrected chi connectivity index (χ2v) is 5.99. The first kappa shape index (κ1) is 15.0. The van der Waals surface area contributed by atoms with Crippen molar-refractivity contribution in [1.29, 1.82) is 0 Å². The highest BCUT2D eigenvalue weighted by atomic mass is 79.9. The third kappa shape index (κ3) is 2.98. The van der Waals surface area contributed by atoms with Gasteiger partial charge in [-0.15, -0.1) is 5.10 Å². The standard InChI is InChI=1S/C16H17BrN4O/c1-2-13(10-22)19-15-6-7-16-18-9-14(21(16)20-15)11-4-3-5-12(17)8-11/h3-9,13,22H,2,10H2,1H3,(H,19,20). The first-order valence-electron chi connectivity index (χ1n) is 7.19. The number of hydrogen-bond acceptors (Lipinski definition) is 4. The number of anilines is 1. The molecule has 0 radical (unpaired) electrons. The summed E-state index contributed by atoms with van der Waals surface area (Å²) in [4.78, 5) is 4.39. The van der Waals surface area contributed by atoms with E-state index in [0.717, 1.165) is 33.6 Å². The van der Waals surface area contributed by atoms with Gasteiger partial charge in [-0.25, -0.2) is 9.50 Å². The Labute approximate surface area is 137 Å². The summed E-state index contributed by atoms with van der Waals surface area (Å²) in [5, 5.41) is 17.1. The van der Waals surface area contributed by atoms with E-state index in [-0.39, 0.29) is 12.6 Å². The van der Waals surface area contributed by atoms with Gasteiger partial charge in [-0.2, -0.15) is 0 Å². The Bertz CT molecular complexity index is 783. The molecule has 3 aromatic rings. The molecule has 2 N–H and O–H groups in total. The second kappa shape index (κ2) is 6.46.